The molecular formula is C9H12NO5P. The third kappa shape index (κ3) is 4.70. The molecule has 0 aliphatic rings. The van der Waals surface area contributed by atoms with Crippen molar-refractivity contribution >= 4 is 15.4 Å². The summed E-state index contributed by atoms with van der Waals surface area (Å²) < 4.78 is 9.77. The number of ether oxygens (including phenoxy) is 1. The molecule has 1 rings (SSSR count). The van der Waals surface area contributed by atoms with Crippen LogP contribution in [0.2, 0.25) is 0 Å². The average molecular weight is 245 g/mol. The molecule has 6 nitrogen and oxygen atoms in total. The van der Waals surface area contributed by atoms with Crippen LogP contribution in [0.4, 0.5) is 0 Å². The van der Waals surface area contributed by atoms with Crippen LogP contribution in [0.15, 0.2) is 29.6 Å². The largest absolute Gasteiger partial charge is 0.479 e. The predicted octanol–water partition coefficient (Wildman–Crippen LogP) is 2.17. The third-order valence-electron chi connectivity index (χ3n) is 1.51. The molecule has 0 saturated heterocycles. The molecule has 1 N–H and O–H groups in total. The fourth-order valence-corrected chi connectivity index (χ4v) is 1.15. The summed E-state index contributed by atoms with van der Waals surface area (Å²) in [5.74, 6) is 0.145. The van der Waals surface area contributed by atoms with Gasteiger partial charge in [0.2, 0.25) is 0 Å². The smallest absolute Gasteiger partial charge is 0.341 e. The Morgan fingerprint density at radius 1 is 1.50 bits per heavy atom. The Bertz CT molecular complexity index is 344. The van der Waals surface area contributed by atoms with Crippen molar-refractivity contribution in [1.82, 2.24) is 0 Å². The lowest BCUT2D eigenvalue weighted by Gasteiger charge is -2.06. The van der Waals surface area contributed by atoms with Gasteiger partial charge in [0.05, 0.1) is 16.1 Å². The first-order chi connectivity index (χ1) is 7.71. The van der Waals surface area contributed by atoms with Crippen molar-refractivity contribution in [3.63, 3.8) is 0 Å². The van der Waals surface area contributed by atoms with E-state index in [4.69, 9.17) is 19.4 Å². The third-order valence-corrected chi connectivity index (χ3v) is 1.76. The van der Waals surface area contributed by atoms with Crippen molar-refractivity contribution in [3.8, 4) is 5.75 Å². The number of esters is 1. The summed E-state index contributed by atoms with van der Waals surface area (Å²) in [6.07, 6.45) is 0. The maximum atomic E-state index is 11.3. The van der Waals surface area contributed by atoms with Crippen molar-refractivity contribution < 1.29 is 19.3 Å². The second-order valence-electron chi connectivity index (χ2n) is 2.42. The molecule has 1 atom stereocenters. The molecule has 0 aromatic heterocycles. The average Bonchev–Trinajstić information content (AvgIpc) is 2.30. The predicted molar refractivity (Wildman–Crippen MR) is 60.3 cm³/mol. The molecule has 0 bridgehead atoms. The minimum absolute atomic E-state index is 0.361. The van der Waals surface area contributed by atoms with Crippen molar-refractivity contribution in [2.75, 3.05) is 6.61 Å². The van der Waals surface area contributed by atoms with E-state index in [0.29, 0.717) is 17.9 Å². The van der Waals surface area contributed by atoms with E-state index >= 15 is 0 Å². The summed E-state index contributed by atoms with van der Waals surface area (Å²) >= 11 is 0. The highest BCUT2D eigenvalue weighted by Gasteiger charge is 2.11. The van der Waals surface area contributed by atoms with Gasteiger partial charge in [-0.1, -0.05) is 12.1 Å². The molecule has 1 unspecified atom stereocenters. The van der Waals surface area contributed by atoms with Crippen LogP contribution in [0.5, 0.6) is 5.75 Å². The lowest BCUT2D eigenvalue weighted by molar-refractivity contribution is 0.0524. The van der Waals surface area contributed by atoms with Gasteiger partial charge in [0.1, 0.15) is 11.3 Å². The quantitative estimate of drug-likeness (QED) is 0.381. The molecule has 1 aromatic rings. The van der Waals surface area contributed by atoms with Crippen molar-refractivity contribution in [1.29, 1.82) is 0 Å². The SMILES string of the molecule is CCOC(=O)c1ccccc1OP.O=NO. The molecule has 0 spiro atoms. The minimum Gasteiger partial charge on any atom is -0.479 e. The maximum Gasteiger partial charge on any atom is 0.341 e. The standard InChI is InChI=1S/C9H11O3P.HNO2/c1-2-11-9(10)7-5-3-4-6-8(7)12-13;2-1-3/h3-6H,2,13H2,1H3;(H,2,3). The second-order valence-corrected chi connectivity index (χ2v) is 2.65. The van der Waals surface area contributed by atoms with Crippen LogP contribution in [0, 0.1) is 4.91 Å². The van der Waals surface area contributed by atoms with Crippen LogP contribution in [0.25, 0.3) is 0 Å². The zero-order valence-corrected chi connectivity index (χ0v) is 9.78. The zero-order chi connectivity index (χ0) is 12.4. The molecule has 7 heteroatoms. The van der Waals surface area contributed by atoms with Gasteiger partial charge >= 0.3 is 5.97 Å². The molecule has 0 saturated carbocycles. The Kier molecular flexibility index (Phi) is 7.71. The molecule has 0 radical (unpaired) electrons. The topological polar surface area (TPSA) is 85.2 Å². The lowest BCUT2D eigenvalue weighted by atomic mass is 10.2. The summed E-state index contributed by atoms with van der Waals surface area (Å²) in [6.45, 7) is 2.13. The normalized spacial score (nSPS) is 8.38. The zero-order valence-electron chi connectivity index (χ0n) is 8.62. The summed E-state index contributed by atoms with van der Waals surface area (Å²) in [5.41, 5.74) is 0.444. The number of hydrogen-bond donors (Lipinski definition) is 1. The van der Waals surface area contributed by atoms with Crippen molar-refractivity contribution in [3.05, 3.63) is 34.7 Å². The van der Waals surface area contributed by atoms with Crippen molar-refractivity contribution in [2.24, 2.45) is 5.34 Å². The van der Waals surface area contributed by atoms with E-state index < -0.39 is 0 Å². The fourth-order valence-electron chi connectivity index (χ4n) is 0.947. The molecule has 0 aliphatic carbocycles. The minimum atomic E-state index is -0.361. The first-order valence-electron chi connectivity index (χ1n) is 4.30. The number of rotatable bonds is 3. The van der Waals surface area contributed by atoms with E-state index in [0.717, 1.165) is 0 Å². The number of carbonyl (C=O) groups excluding carboxylic acids is 1. The maximum absolute atomic E-state index is 11.3. The van der Waals surface area contributed by atoms with Gasteiger partial charge in [-0.2, -0.15) is 0 Å². The molecule has 0 fully saturated rings. The summed E-state index contributed by atoms with van der Waals surface area (Å²) in [6, 6.07) is 6.93. The number of nitrogens with zero attached hydrogens (tertiary/aromatic N) is 1. The number of carbonyl (C=O) groups is 1. The van der Waals surface area contributed by atoms with Crippen LogP contribution in [-0.4, -0.2) is 17.8 Å². The molecule has 16 heavy (non-hydrogen) atoms. The first kappa shape index (κ1) is 14.3. The van der Waals surface area contributed by atoms with Gasteiger partial charge in [-0.05, 0) is 19.1 Å². The van der Waals surface area contributed by atoms with Crippen LogP contribution < -0.4 is 4.52 Å². The van der Waals surface area contributed by atoms with Crippen molar-refractivity contribution in [2.45, 2.75) is 6.92 Å². The Morgan fingerprint density at radius 3 is 2.56 bits per heavy atom. The Morgan fingerprint density at radius 2 is 2.06 bits per heavy atom. The molecule has 1 aromatic carbocycles. The highest BCUT2D eigenvalue weighted by molar-refractivity contribution is 7.10. The van der Waals surface area contributed by atoms with E-state index in [1.165, 1.54) is 5.34 Å². The van der Waals surface area contributed by atoms with Gasteiger partial charge in [0.15, 0.2) is 5.34 Å². The molecule has 0 heterocycles. The summed E-state index contributed by atoms with van der Waals surface area (Å²) in [4.78, 5) is 19.4. The second kappa shape index (κ2) is 8.61. The van der Waals surface area contributed by atoms with Gasteiger partial charge in [-0.3, -0.25) is 0 Å². The van der Waals surface area contributed by atoms with Gasteiger partial charge in [-0.25, -0.2) is 4.79 Å². The highest BCUT2D eigenvalue weighted by atomic mass is 31.0. The van der Waals surface area contributed by atoms with E-state index in [9.17, 15) is 4.79 Å². The number of hydrogen-bond acceptors (Lipinski definition) is 5. The number of benzene rings is 1. The van der Waals surface area contributed by atoms with E-state index in [1.807, 2.05) is 0 Å². The van der Waals surface area contributed by atoms with E-state index in [-0.39, 0.29) is 5.97 Å². The molecule has 88 valence electrons. The lowest BCUT2D eigenvalue weighted by Crippen LogP contribution is -2.05. The van der Waals surface area contributed by atoms with E-state index in [1.54, 1.807) is 31.2 Å². The monoisotopic (exact) mass is 245 g/mol. The van der Waals surface area contributed by atoms with Gasteiger partial charge in [0, 0.05) is 0 Å². The molecule has 0 aliphatic heterocycles. The van der Waals surface area contributed by atoms with Crippen LogP contribution >= 0.6 is 9.47 Å². The first-order valence-corrected chi connectivity index (χ1v) is 4.78. The Balaban J connectivity index is 0.000000673. The van der Waals surface area contributed by atoms with E-state index in [2.05, 4.69) is 9.47 Å². The fraction of sp³-hybridized carbons (Fsp3) is 0.222. The van der Waals surface area contributed by atoms with Crippen LogP contribution in [0.3, 0.4) is 0 Å². The Labute approximate surface area is 94.8 Å². The molecule has 0 amide bonds. The van der Waals surface area contributed by atoms with Crippen LogP contribution in [0.1, 0.15) is 17.3 Å². The van der Waals surface area contributed by atoms with Gasteiger partial charge < -0.3 is 14.5 Å². The van der Waals surface area contributed by atoms with Gasteiger partial charge in [-0.15, -0.1) is 4.91 Å². The molecular weight excluding hydrogens is 233 g/mol. The van der Waals surface area contributed by atoms with Gasteiger partial charge in [0.25, 0.3) is 0 Å². The Hall–Kier alpha value is -1.68. The highest BCUT2D eigenvalue weighted by Crippen LogP contribution is 2.20. The summed E-state index contributed by atoms with van der Waals surface area (Å²) in [5, 5.41) is 7.89. The number of para-hydroxylation sites is 1. The van der Waals surface area contributed by atoms with Crippen LogP contribution in [-0.2, 0) is 4.74 Å². The summed E-state index contributed by atoms with van der Waals surface area (Å²) in [7, 11) is 2.10.